The molecule has 5 nitrogen and oxygen atoms in total. The summed E-state index contributed by atoms with van der Waals surface area (Å²) in [7, 11) is 3.11. The Hall–Kier alpha value is -1.75. The third-order valence-corrected chi connectivity index (χ3v) is 3.54. The Morgan fingerprint density at radius 2 is 1.95 bits per heavy atom. The molecule has 20 heavy (non-hydrogen) atoms. The fraction of sp³-hybridized carbons (Fsp3) is 0.533. The Kier molecular flexibility index (Phi) is 5.82. The van der Waals surface area contributed by atoms with E-state index in [1.165, 1.54) is 0 Å². The molecule has 1 aromatic rings. The molecule has 0 aliphatic carbocycles. The number of nitrogens with one attached hydrogen (secondary N) is 1. The van der Waals surface area contributed by atoms with E-state index >= 15 is 0 Å². The Morgan fingerprint density at radius 1 is 1.30 bits per heavy atom. The second kappa shape index (κ2) is 7.14. The molecule has 1 rings (SSSR count). The summed E-state index contributed by atoms with van der Waals surface area (Å²) in [4.78, 5) is 12.3. The first-order chi connectivity index (χ1) is 9.49. The molecule has 0 aromatic heterocycles. The highest BCUT2D eigenvalue weighted by atomic mass is 16.5. The van der Waals surface area contributed by atoms with E-state index in [0.717, 1.165) is 12.8 Å². The highest BCUT2D eigenvalue weighted by molar-refractivity contribution is 5.95. The molecular formula is C15H24N2O3. The molecule has 0 saturated carbocycles. The SMILES string of the molecule is CCC(C)(CCN)NC(=O)c1ccc(OC)c(OC)c1. The van der Waals surface area contributed by atoms with Gasteiger partial charge in [0.15, 0.2) is 11.5 Å². The Bertz CT molecular complexity index is 462. The first kappa shape index (κ1) is 16.3. The normalized spacial score (nSPS) is 13.4. The molecule has 1 atom stereocenters. The summed E-state index contributed by atoms with van der Waals surface area (Å²) in [6.45, 7) is 4.57. The van der Waals surface area contributed by atoms with Crippen molar-refractivity contribution in [2.45, 2.75) is 32.2 Å². The summed E-state index contributed by atoms with van der Waals surface area (Å²) < 4.78 is 10.4. The number of hydrogen-bond donors (Lipinski definition) is 2. The van der Waals surface area contributed by atoms with E-state index in [9.17, 15) is 4.79 Å². The van der Waals surface area contributed by atoms with Crippen LogP contribution < -0.4 is 20.5 Å². The van der Waals surface area contributed by atoms with Crippen molar-refractivity contribution in [2.75, 3.05) is 20.8 Å². The molecule has 0 spiro atoms. The van der Waals surface area contributed by atoms with Crippen molar-refractivity contribution < 1.29 is 14.3 Å². The second-order valence-corrected chi connectivity index (χ2v) is 4.98. The third kappa shape index (κ3) is 3.87. The van der Waals surface area contributed by atoms with Gasteiger partial charge in [0.05, 0.1) is 14.2 Å². The molecule has 5 heteroatoms. The molecule has 0 bridgehead atoms. The van der Waals surface area contributed by atoms with Crippen LogP contribution in [0.15, 0.2) is 18.2 Å². The molecule has 1 amide bonds. The van der Waals surface area contributed by atoms with Crippen molar-refractivity contribution in [3.63, 3.8) is 0 Å². The summed E-state index contributed by atoms with van der Waals surface area (Å²) in [5.41, 5.74) is 5.85. The zero-order chi connectivity index (χ0) is 15.2. The van der Waals surface area contributed by atoms with Crippen LogP contribution in [-0.2, 0) is 0 Å². The van der Waals surface area contributed by atoms with E-state index in [2.05, 4.69) is 5.32 Å². The molecule has 0 aliphatic rings. The van der Waals surface area contributed by atoms with E-state index in [1.807, 2.05) is 13.8 Å². The lowest BCUT2D eigenvalue weighted by Crippen LogP contribution is -2.46. The first-order valence-corrected chi connectivity index (χ1v) is 6.74. The molecule has 0 saturated heterocycles. The van der Waals surface area contributed by atoms with Crippen LogP contribution in [0, 0.1) is 0 Å². The number of amides is 1. The summed E-state index contributed by atoms with van der Waals surface area (Å²) in [6.07, 6.45) is 1.56. The maximum atomic E-state index is 12.3. The monoisotopic (exact) mass is 280 g/mol. The quantitative estimate of drug-likeness (QED) is 0.800. The van der Waals surface area contributed by atoms with Crippen LogP contribution in [0.4, 0.5) is 0 Å². The van der Waals surface area contributed by atoms with Crippen molar-refractivity contribution in [3.05, 3.63) is 23.8 Å². The summed E-state index contributed by atoms with van der Waals surface area (Å²) in [5, 5.41) is 3.03. The summed E-state index contributed by atoms with van der Waals surface area (Å²) in [6, 6.07) is 5.11. The van der Waals surface area contributed by atoms with Crippen LogP contribution >= 0.6 is 0 Å². The van der Waals surface area contributed by atoms with Crippen molar-refractivity contribution in [1.82, 2.24) is 5.32 Å². The summed E-state index contributed by atoms with van der Waals surface area (Å²) >= 11 is 0. The van der Waals surface area contributed by atoms with Gasteiger partial charge in [0.25, 0.3) is 5.91 Å². The number of methoxy groups -OCH3 is 2. The standard InChI is InChI=1S/C15H24N2O3/c1-5-15(2,8-9-16)17-14(18)11-6-7-12(19-3)13(10-11)20-4/h6-7,10H,5,8-9,16H2,1-4H3,(H,17,18). The fourth-order valence-corrected chi connectivity index (χ4v) is 1.97. The lowest BCUT2D eigenvalue weighted by Gasteiger charge is -2.29. The molecule has 0 radical (unpaired) electrons. The van der Waals surface area contributed by atoms with Gasteiger partial charge in [0, 0.05) is 11.1 Å². The van der Waals surface area contributed by atoms with Gasteiger partial charge in [-0.1, -0.05) is 6.92 Å². The number of carbonyl (C=O) groups is 1. The van der Waals surface area contributed by atoms with Crippen LogP contribution in [0.5, 0.6) is 11.5 Å². The maximum absolute atomic E-state index is 12.3. The molecule has 1 aromatic carbocycles. The third-order valence-electron chi connectivity index (χ3n) is 3.54. The maximum Gasteiger partial charge on any atom is 0.251 e. The highest BCUT2D eigenvalue weighted by Crippen LogP contribution is 2.27. The lowest BCUT2D eigenvalue weighted by atomic mass is 9.94. The first-order valence-electron chi connectivity index (χ1n) is 6.74. The van der Waals surface area contributed by atoms with Gasteiger partial charge in [-0.3, -0.25) is 4.79 Å². The Balaban J connectivity index is 2.92. The number of ether oxygens (including phenoxy) is 2. The highest BCUT2D eigenvalue weighted by Gasteiger charge is 2.24. The van der Waals surface area contributed by atoms with E-state index in [4.69, 9.17) is 15.2 Å². The van der Waals surface area contributed by atoms with Crippen LogP contribution in [0.2, 0.25) is 0 Å². The Labute approximate surface area is 120 Å². The van der Waals surface area contributed by atoms with Gasteiger partial charge in [0.2, 0.25) is 0 Å². The van der Waals surface area contributed by atoms with Crippen molar-refractivity contribution >= 4 is 5.91 Å². The topological polar surface area (TPSA) is 73.6 Å². The average Bonchev–Trinajstić information content (AvgIpc) is 2.46. The minimum absolute atomic E-state index is 0.135. The van der Waals surface area contributed by atoms with Gasteiger partial charge in [-0.05, 0) is 44.5 Å². The van der Waals surface area contributed by atoms with Crippen LogP contribution in [0.3, 0.4) is 0 Å². The van der Waals surface area contributed by atoms with Gasteiger partial charge >= 0.3 is 0 Å². The van der Waals surface area contributed by atoms with Gasteiger partial charge in [-0.15, -0.1) is 0 Å². The zero-order valence-corrected chi connectivity index (χ0v) is 12.7. The second-order valence-electron chi connectivity index (χ2n) is 4.98. The van der Waals surface area contributed by atoms with Gasteiger partial charge in [0.1, 0.15) is 0 Å². The molecule has 0 heterocycles. The minimum Gasteiger partial charge on any atom is -0.493 e. The smallest absolute Gasteiger partial charge is 0.251 e. The predicted octanol–water partition coefficient (Wildman–Crippen LogP) is 1.95. The molecular weight excluding hydrogens is 256 g/mol. The summed E-state index contributed by atoms with van der Waals surface area (Å²) in [5.74, 6) is 1.00. The Morgan fingerprint density at radius 3 is 2.45 bits per heavy atom. The number of carbonyl (C=O) groups excluding carboxylic acids is 1. The van der Waals surface area contributed by atoms with E-state index < -0.39 is 0 Å². The molecule has 112 valence electrons. The molecule has 0 fully saturated rings. The molecule has 3 N–H and O–H groups in total. The van der Waals surface area contributed by atoms with Crippen LogP contribution in [0.1, 0.15) is 37.0 Å². The number of benzene rings is 1. The molecule has 0 aliphatic heterocycles. The number of hydrogen-bond acceptors (Lipinski definition) is 4. The van der Waals surface area contributed by atoms with Crippen LogP contribution in [0.25, 0.3) is 0 Å². The minimum atomic E-state index is -0.293. The van der Waals surface area contributed by atoms with Crippen molar-refractivity contribution in [3.8, 4) is 11.5 Å². The lowest BCUT2D eigenvalue weighted by molar-refractivity contribution is 0.0899. The number of nitrogens with two attached hydrogens (primary N) is 1. The fourth-order valence-electron chi connectivity index (χ4n) is 1.97. The van der Waals surface area contributed by atoms with E-state index in [1.54, 1.807) is 32.4 Å². The van der Waals surface area contributed by atoms with E-state index in [-0.39, 0.29) is 11.4 Å². The van der Waals surface area contributed by atoms with Crippen LogP contribution in [-0.4, -0.2) is 32.2 Å². The van der Waals surface area contributed by atoms with Gasteiger partial charge in [-0.2, -0.15) is 0 Å². The van der Waals surface area contributed by atoms with Crippen molar-refractivity contribution in [2.24, 2.45) is 5.73 Å². The molecule has 1 unspecified atom stereocenters. The zero-order valence-electron chi connectivity index (χ0n) is 12.7. The predicted molar refractivity (Wildman–Crippen MR) is 79.4 cm³/mol. The largest absolute Gasteiger partial charge is 0.493 e. The average molecular weight is 280 g/mol. The van der Waals surface area contributed by atoms with Gasteiger partial charge < -0.3 is 20.5 Å². The van der Waals surface area contributed by atoms with E-state index in [0.29, 0.717) is 23.6 Å². The van der Waals surface area contributed by atoms with Crippen molar-refractivity contribution in [1.29, 1.82) is 0 Å². The number of rotatable bonds is 7. The van der Waals surface area contributed by atoms with Gasteiger partial charge in [-0.25, -0.2) is 0 Å².